The van der Waals surface area contributed by atoms with Crippen molar-refractivity contribution in [2.75, 3.05) is 13.1 Å². The molecular formula is C10H22ClN3O2. The van der Waals surface area contributed by atoms with Gasteiger partial charge in [0.1, 0.15) is 0 Å². The largest absolute Gasteiger partial charge is 0.352 e. The molecule has 0 aliphatic carbocycles. The highest BCUT2D eigenvalue weighted by molar-refractivity contribution is 5.85. The molecule has 1 atom stereocenters. The van der Waals surface area contributed by atoms with Crippen LogP contribution in [0.5, 0.6) is 0 Å². The first-order chi connectivity index (χ1) is 7.13. The van der Waals surface area contributed by atoms with E-state index in [1.54, 1.807) is 0 Å². The molecule has 96 valence electrons. The summed E-state index contributed by atoms with van der Waals surface area (Å²) < 4.78 is 0. The molecule has 0 aliphatic heterocycles. The highest BCUT2D eigenvalue weighted by Crippen LogP contribution is 1.99. The fourth-order valence-corrected chi connectivity index (χ4v) is 1.26. The second kappa shape index (κ2) is 10.7. The maximum atomic E-state index is 11.3. The van der Waals surface area contributed by atoms with Gasteiger partial charge in [-0.3, -0.25) is 9.59 Å². The Morgan fingerprint density at radius 3 is 2.31 bits per heavy atom. The van der Waals surface area contributed by atoms with Crippen molar-refractivity contribution in [3.8, 4) is 0 Å². The standard InChI is InChI=1S/C10H21N3O2.ClH/c1-3-5-8(4-2)13-10(15)7-12-9(14)6-11;/h8H,3-7,11H2,1-2H3,(H,12,14)(H,13,15);1H. The van der Waals surface area contributed by atoms with Gasteiger partial charge in [-0.15, -0.1) is 12.4 Å². The molecule has 0 rings (SSSR count). The molecule has 0 heterocycles. The summed E-state index contributed by atoms with van der Waals surface area (Å²) in [5.74, 6) is -0.467. The van der Waals surface area contributed by atoms with Gasteiger partial charge in [-0.1, -0.05) is 20.3 Å². The third kappa shape index (κ3) is 8.49. The Kier molecular flexibility index (Phi) is 11.8. The zero-order valence-electron chi connectivity index (χ0n) is 9.91. The number of rotatable bonds is 7. The number of nitrogens with one attached hydrogen (secondary N) is 2. The lowest BCUT2D eigenvalue weighted by Gasteiger charge is -2.16. The minimum Gasteiger partial charge on any atom is -0.352 e. The summed E-state index contributed by atoms with van der Waals surface area (Å²) in [7, 11) is 0. The summed E-state index contributed by atoms with van der Waals surface area (Å²) in [5, 5.41) is 5.28. The third-order valence-corrected chi connectivity index (χ3v) is 2.13. The van der Waals surface area contributed by atoms with Crippen molar-refractivity contribution in [1.82, 2.24) is 10.6 Å². The average molecular weight is 252 g/mol. The number of amides is 2. The molecule has 0 saturated carbocycles. The molecule has 0 spiro atoms. The Morgan fingerprint density at radius 2 is 1.88 bits per heavy atom. The number of hydrogen-bond acceptors (Lipinski definition) is 3. The SMILES string of the molecule is CCCC(CC)NC(=O)CNC(=O)CN.Cl. The van der Waals surface area contributed by atoms with Crippen LogP contribution in [0.15, 0.2) is 0 Å². The molecule has 5 nitrogen and oxygen atoms in total. The van der Waals surface area contributed by atoms with E-state index in [0.29, 0.717) is 0 Å². The molecule has 0 fully saturated rings. The third-order valence-electron chi connectivity index (χ3n) is 2.13. The quantitative estimate of drug-likeness (QED) is 0.604. The maximum Gasteiger partial charge on any atom is 0.239 e. The number of nitrogens with two attached hydrogens (primary N) is 1. The van der Waals surface area contributed by atoms with E-state index in [2.05, 4.69) is 17.6 Å². The van der Waals surface area contributed by atoms with Gasteiger partial charge in [-0.05, 0) is 12.8 Å². The fourth-order valence-electron chi connectivity index (χ4n) is 1.26. The lowest BCUT2D eigenvalue weighted by atomic mass is 10.1. The van der Waals surface area contributed by atoms with Gasteiger partial charge in [0.15, 0.2) is 0 Å². The topological polar surface area (TPSA) is 84.2 Å². The van der Waals surface area contributed by atoms with Gasteiger partial charge < -0.3 is 16.4 Å². The van der Waals surface area contributed by atoms with Crippen LogP contribution in [-0.2, 0) is 9.59 Å². The Morgan fingerprint density at radius 1 is 1.25 bits per heavy atom. The predicted octanol–water partition coefficient (Wildman–Crippen LogP) is 0.178. The first kappa shape index (κ1) is 17.6. The molecule has 0 saturated heterocycles. The van der Waals surface area contributed by atoms with Gasteiger partial charge in [-0.25, -0.2) is 0 Å². The fraction of sp³-hybridized carbons (Fsp3) is 0.800. The summed E-state index contributed by atoms with van der Waals surface area (Å²) in [5.41, 5.74) is 5.09. The molecule has 0 aromatic heterocycles. The van der Waals surface area contributed by atoms with Gasteiger partial charge in [0.25, 0.3) is 0 Å². The number of carbonyl (C=O) groups excluding carboxylic acids is 2. The first-order valence-corrected chi connectivity index (χ1v) is 5.40. The normalized spacial score (nSPS) is 11.2. The Bertz CT molecular complexity index is 212. The monoisotopic (exact) mass is 251 g/mol. The van der Waals surface area contributed by atoms with Crippen molar-refractivity contribution in [3.05, 3.63) is 0 Å². The molecule has 0 aliphatic rings. The van der Waals surface area contributed by atoms with Crippen LogP contribution in [0.3, 0.4) is 0 Å². The zero-order valence-corrected chi connectivity index (χ0v) is 10.7. The van der Waals surface area contributed by atoms with Crippen molar-refractivity contribution in [1.29, 1.82) is 0 Å². The Balaban J connectivity index is 0. The summed E-state index contributed by atoms with van der Waals surface area (Å²) in [4.78, 5) is 22.1. The number of hydrogen-bond donors (Lipinski definition) is 3. The molecule has 6 heteroatoms. The zero-order chi connectivity index (χ0) is 11.7. The van der Waals surface area contributed by atoms with E-state index in [9.17, 15) is 9.59 Å². The lowest BCUT2D eigenvalue weighted by Crippen LogP contribution is -2.43. The van der Waals surface area contributed by atoms with Crippen molar-refractivity contribution in [3.63, 3.8) is 0 Å². The van der Waals surface area contributed by atoms with Crippen LogP contribution in [0.25, 0.3) is 0 Å². The lowest BCUT2D eigenvalue weighted by molar-refractivity contribution is -0.125. The van der Waals surface area contributed by atoms with E-state index in [0.717, 1.165) is 19.3 Å². The molecule has 1 unspecified atom stereocenters. The Hall–Kier alpha value is -0.810. The minimum atomic E-state index is -0.311. The molecule has 2 amide bonds. The van der Waals surface area contributed by atoms with Crippen molar-refractivity contribution < 1.29 is 9.59 Å². The number of halogens is 1. The van der Waals surface area contributed by atoms with Crippen LogP contribution >= 0.6 is 12.4 Å². The van der Waals surface area contributed by atoms with E-state index >= 15 is 0 Å². The van der Waals surface area contributed by atoms with Gasteiger partial charge in [0, 0.05) is 6.04 Å². The van der Waals surface area contributed by atoms with E-state index in [-0.39, 0.29) is 43.4 Å². The second-order valence-corrected chi connectivity index (χ2v) is 3.44. The molecule has 0 aromatic carbocycles. The van der Waals surface area contributed by atoms with E-state index in [4.69, 9.17) is 5.73 Å². The van der Waals surface area contributed by atoms with E-state index in [1.165, 1.54) is 0 Å². The van der Waals surface area contributed by atoms with Gasteiger partial charge >= 0.3 is 0 Å². The van der Waals surface area contributed by atoms with E-state index < -0.39 is 0 Å². The van der Waals surface area contributed by atoms with Crippen LogP contribution < -0.4 is 16.4 Å². The summed E-state index contributed by atoms with van der Waals surface area (Å²) in [6, 6.07) is 0.206. The van der Waals surface area contributed by atoms with Crippen LogP contribution in [0.2, 0.25) is 0 Å². The highest BCUT2D eigenvalue weighted by atomic mass is 35.5. The predicted molar refractivity (Wildman–Crippen MR) is 66.4 cm³/mol. The van der Waals surface area contributed by atoms with Crippen molar-refractivity contribution >= 4 is 24.2 Å². The second-order valence-electron chi connectivity index (χ2n) is 3.44. The minimum absolute atomic E-state index is 0. The summed E-state index contributed by atoms with van der Waals surface area (Å²) >= 11 is 0. The smallest absolute Gasteiger partial charge is 0.239 e. The van der Waals surface area contributed by atoms with Gasteiger partial charge in [0.2, 0.25) is 11.8 Å². The summed E-state index contributed by atoms with van der Waals surface area (Å²) in [6.45, 7) is 4.03. The van der Waals surface area contributed by atoms with E-state index in [1.807, 2.05) is 6.92 Å². The molecule has 4 N–H and O–H groups in total. The molecule has 0 radical (unpaired) electrons. The maximum absolute atomic E-state index is 11.3. The van der Waals surface area contributed by atoms with Crippen LogP contribution in [-0.4, -0.2) is 30.9 Å². The number of carbonyl (C=O) groups is 2. The molecular weight excluding hydrogens is 230 g/mol. The molecule has 16 heavy (non-hydrogen) atoms. The Labute approximate surface area is 103 Å². The average Bonchev–Trinajstić information content (AvgIpc) is 2.25. The summed E-state index contributed by atoms with van der Waals surface area (Å²) in [6.07, 6.45) is 2.91. The van der Waals surface area contributed by atoms with Crippen LogP contribution in [0.4, 0.5) is 0 Å². The van der Waals surface area contributed by atoms with Crippen LogP contribution in [0, 0.1) is 0 Å². The first-order valence-electron chi connectivity index (χ1n) is 5.40. The molecule has 0 aromatic rings. The highest BCUT2D eigenvalue weighted by Gasteiger charge is 2.09. The van der Waals surface area contributed by atoms with Crippen molar-refractivity contribution in [2.24, 2.45) is 5.73 Å². The molecule has 0 bridgehead atoms. The van der Waals surface area contributed by atoms with Crippen molar-refractivity contribution in [2.45, 2.75) is 39.2 Å². The van der Waals surface area contributed by atoms with Crippen LogP contribution in [0.1, 0.15) is 33.1 Å². The van der Waals surface area contributed by atoms with Gasteiger partial charge in [-0.2, -0.15) is 0 Å². The van der Waals surface area contributed by atoms with Gasteiger partial charge in [0.05, 0.1) is 13.1 Å².